The van der Waals surface area contributed by atoms with Crippen LogP contribution in [-0.4, -0.2) is 25.5 Å². The molecule has 1 aliphatic rings. The van der Waals surface area contributed by atoms with Crippen LogP contribution in [-0.2, 0) is 4.79 Å². The second-order valence-electron chi connectivity index (χ2n) is 6.24. The molecule has 0 aromatic carbocycles. The smallest absolute Gasteiger partial charge is 0.220 e. The van der Waals surface area contributed by atoms with Gasteiger partial charge in [0, 0.05) is 13.0 Å². The van der Waals surface area contributed by atoms with E-state index in [1.54, 1.807) is 0 Å². The van der Waals surface area contributed by atoms with Crippen molar-refractivity contribution in [3.05, 3.63) is 0 Å². The highest BCUT2D eigenvalue weighted by Gasteiger charge is 2.14. The first-order valence-electron chi connectivity index (χ1n) is 8.80. The summed E-state index contributed by atoms with van der Waals surface area (Å²) in [6.45, 7) is 5.30. The van der Waals surface area contributed by atoms with Gasteiger partial charge in [-0.1, -0.05) is 58.3 Å². The summed E-state index contributed by atoms with van der Waals surface area (Å²) in [6, 6.07) is 0. The number of rotatable bonds is 12. The fourth-order valence-corrected chi connectivity index (χ4v) is 2.83. The van der Waals surface area contributed by atoms with Crippen LogP contribution in [0.25, 0.3) is 0 Å². The van der Waals surface area contributed by atoms with Crippen molar-refractivity contribution in [3.8, 4) is 0 Å². The molecule has 118 valence electrons. The number of hydrogen-bond acceptors (Lipinski definition) is 2. The Labute approximate surface area is 125 Å². The maximum Gasteiger partial charge on any atom is 0.220 e. The van der Waals surface area contributed by atoms with E-state index in [0.717, 1.165) is 32.5 Å². The van der Waals surface area contributed by atoms with Crippen LogP contribution >= 0.6 is 0 Å². The summed E-state index contributed by atoms with van der Waals surface area (Å²) < 4.78 is 0. The Morgan fingerprint density at radius 3 is 2.30 bits per heavy atom. The van der Waals surface area contributed by atoms with Gasteiger partial charge in [0.2, 0.25) is 5.91 Å². The maximum atomic E-state index is 11.7. The summed E-state index contributed by atoms with van der Waals surface area (Å²) in [5, 5.41) is 6.40. The minimum absolute atomic E-state index is 0.250. The van der Waals surface area contributed by atoms with Gasteiger partial charge < -0.3 is 10.6 Å². The molecule has 0 aromatic rings. The normalized spacial score (nSPS) is 18.4. The molecule has 1 rings (SSSR count). The summed E-state index contributed by atoms with van der Waals surface area (Å²) in [5.74, 6) is 0.905. The Hall–Kier alpha value is -0.570. The van der Waals surface area contributed by atoms with E-state index in [-0.39, 0.29) is 5.91 Å². The molecule has 1 amide bonds. The molecule has 0 aromatic heterocycles. The van der Waals surface area contributed by atoms with Gasteiger partial charge in [0.1, 0.15) is 0 Å². The van der Waals surface area contributed by atoms with Gasteiger partial charge in [-0.25, -0.2) is 0 Å². The largest absolute Gasteiger partial charge is 0.356 e. The van der Waals surface area contributed by atoms with Crippen LogP contribution in [0.2, 0.25) is 0 Å². The lowest BCUT2D eigenvalue weighted by Gasteiger charge is -2.09. The minimum Gasteiger partial charge on any atom is -0.356 e. The summed E-state index contributed by atoms with van der Waals surface area (Å²) >= 11 is 0. The van der Waals surface area contributed by atoms with Crippen molar-refractivity contribution in [1.82, 2.24) is 10.6 Å². The van der Waals surface area contributed by atoms with Crippen molar-refractivity contribution in [2.45, 2.75) is 77.6 Å². The van der Waals surface area contributed by atoms with Gasteiger partial charge in [0.25, 0.3) is 0 Å². The number of unbranched alkanes of at least 4 members (excludes halogenated alkanes) is 8. The molecule has 1 saturated heterocycles. The molecule has 0 aliphatic carbocycles. The third kappa shape index (κ3) is 9.35. The number of carbonyl (C=O) groups is 1. The Balaban J connectivity index is 1.79. The minimum atomic E-state index is 0.250. The molecule has 0 spiro atoms. The van der Waals surface area contributed by atoms with Crippen molar-refractivity contribution in [1.29, 1.82) is 0 Å². The number of hydrogen-bond donors (Lipinski definition) is 2. The number of amides is 1. The molecule has 20 heavy (non-hydrogen) atoms. The Morgan fingerprint density at radius 1 is 1.05 bits per heavy atom. The molecule has 1 unspecified atom stereocenters. The van der Waals surface area contributed by atoms with Gasteiger partial charge in [0.15, 0.2) is 0 Å². The fraction of sp³-hybridized carbons (Fsp3) is 0.941. The average Bonchev–Trinajstić information content (AvgIpc) is 2.96. The Morgan fingerprint density at radius 2 is 1.70 bits per heavy atom. The van der Waals surface area contributed by atoms with Crippen molar-refractivity contribution >= 4 is 5.91 Å². The van der Waals surface area contributed by atoms with E-state index in [0.29, 0.717) is 5.92 Å². The van der Waals surface area contributed by atoms with Gasteiger partial charge in [-0.3, -0.25) is 4.79 Å². The second-order valence-corrected chi connectivity index (χ2v) is 6.24. The fourth-order valence-electron chi connectivity index (χ4n) is 2.83. The zero-order chi connectivity index (χ0) is 14.5. The standard InChI is InChI=1S/C17H34N2O/c1-2-3-4-5-6-7-8-9-10-11-17(20)19-15-16-12-13-18-14-16/h16,18H,2-15H2,1H3,(H,19,20). The van der Waals surface area contributed by atoms with Crippen molar-refractivity contribution in [3.63, 3.8) is 0 Å². The summed E-state index contributed by atoms with van der Waals surface area (Å²) in [4.78, 5) is 11.7. The summed E-state index contributed by atoms with van der Waals surface area (Å²) in [7, 11) is 0. The van der Waals surface area contributed by atoms with Gasteiger partial charge in [-0.15, -0.1) is 0 Å². The highest BCUT2D eigenvalue weighted by molar-refractivity contribution is 5.75. The molecule has 2 N–H and O–H groups in total. The van der Waals surface area contributed by atoms with Gasteiger partial charge in [0.05, 0.1) is 0 Å². The lowest BCUT2D eigenvalue weighted by atomic mass is 10.1. The van der Waals surface area contributed by atoms with Crippen molar-refractivity contribution in [2.24, 2.45) is 5.92 Å². The highest BCUT2D eigenvalue weighted by atomic mass is 16.1. The lowest BCUT2D eigenvalue weighted by Crippen LogP contribution is -2.29. The van der Waals surface area contributed by atoms with E-state index in [2.05, 4.69) is 17.6 Å². The molecule has 3 nitrogen and oxygen atoms in total. The van der Waals surface area contributed by atoms with Gasteiger partial charge >= 0.3 is 0 Å². The van der Waals surface area contributed by atoms with E-state index < -0.39 is 0 Å². The molecular weight excluding hydrogens is 248 g/mol. The zero-order valence-corrected chi connectivity index (χ0v) is 13.4. The first kappa shape index (κ1) is 17.5. The van der Waals surface area contributed by atoms with Gasteiger partial charge in [-0.2, -0.15) is 0 Å². The van der Waals surface area contributed by atoms with Crippen LogP contribution in [0.15, 0.2) is 0 Å². The van der Waals surface area contributed by atoms with Crippen molar-refractivity contribution < 1.29 is 4.79 Å². The second kappa shape index (κ2) is 12.2. The Kier molecular flexibility index (Phi) is 10.7. The molecule has 0 saturated carbocycles. The van der Waals surface area contributed by atoms with E-state index in [1.807, 2.05) is 0 Å². The molecule has 0 bridgehead atoms. The monoisotopic (exact) mass is 282 g/mol. The lowest BCUT2D eigenvalue weighted by molar-refractivity contribution is -0.121. The van der Waals surface area contributed by atoms with Crippen LogP contribution in [0.3, 0.4) is 0 Å². The third-order valence-electron chi connectivity index (χ3n) is 4.26. The number of nitrogens with one attached hydrogen (secondary N) is 2. The molecule has 0 radical (unpaired) electrons. The number of carbonyl (C=O) groups excluding carboxylic acids is 1. The van der Waals surface area contributed by atoms with E-state index in [1.165, 1.54) is 57.8 Å². The quantitative estimate of drug-likeness (QED) is 0.537. The molecule has 1 fully saturated rings. The summed E-state index contributed by atoms with van der Waals surface area (Å²) in [6.07, 6.45) is 13.7. The van der Waals surface area contributed by atoms with Crippen LogP contribution in [0.4, 0.5) is 0 Å². The average molecular weight is 282 g/mol. The first-order chi connectivity index (χ1) is 9.83. The highest BCUT2D eigenvalue weighted by Crippen LogP contribution is 2.10. The molecule has 1 aliphatic heterocycles. The molecule has 1 atom stereocenters. The molecular formula is C17H34N2O. The first-order valence-corrected chi connectivity index (χ1v) is 8.80. The Bertz CT molecular complexity index is 237. The van der Waals surface area contributed by atoms with Crippen LogP contribution < -0.4 is 10.6 Å². The predicted molar refractivity (Wildman–Crippen MR) is 85.8 cm³/mol. The summed E-state index contributed by atoms with van der Waals surface area (Å²) in [5.41, 5.74) is 0. The SMILES string of the molecule is CCCCCCCCCCCC(=O)NCC1CCNC1. The zero-order valence-electron chi connectivity index (χ0n) is 13.4. The van der Waals surface area contributed by atoms with E-state index in [9.17, 15) is 4.79 Å². The topological polar surface area (TPSA) is 41.1 Å². The predicted octanol–water partition coefficient (Wildman–Crippen LogP) is 3.63. The third-order valence-corrected chi connectivity index (χ3v) is 4.26. The van der Waals surface area contributed by atoms with E-state index >= 15 is 0 Å². The van der Waals surface area contributed by atoms with Gasteiger partial charge in [-0.05, 0) is 31.8 Å². The maximum absolute atomic E-state index is 11.7. The van der Waals surface area contributed by atoms with Crippen molar-refractivity contribution in [2.75, 3.05) is 19.6 Å². The van der Waals surface area contributed by atoms with Crippen LogP contribution in [0.5, 0.6) is 0 Å². The molecule has 3 heteroatoms. The van der Waals surface area contributed by atoms with Crippen LogP contribution in [0.1, 0.15) is 77.6 Å². The van der Waals surface area contributed by atoms with Crippen LogP contribution in [0, 0.1) is 5.92 Å². The molecule has 1 heterocycles. The van der Waals surface area contributed by atoms with E-state index in [4.69, 9.17) is 0 Å².